The zero-order valence-corrected chi connectivity index (χ0v) is 11.9. The van der Waals surface area contributed by atoms with E-state index in [2.05, 4.69) is 0 Å². The summed E-state index contributed by atoms with van der Waals surface area (Å²) in [5.41, 5.74) is 0.980. The summed E-state index contributed by atoms with van der Waals surface area (Å²) >= 11 is 0. The van der Waals surface area contributed by atoms with Crippen molar-refractivity contribution in [3.05, 3.63) is 35.9 Å². The van der Waals surface area contributed by atoms with Crippen molar-refractivity contribution in [3.63, 3.8) is 0 Å². The molecule has 1 saturated heterocycles. The molecule has 2 rings (SSSR count). The maximum absolute atomic E-state index is 11.6. The van der Waals surface area contributed by atoms with E-state index in [-0.39, 0.29) is 17.9 Å². The molecule has 0 saturated carbocycles. The number of benzene rings is 1. The molecule has 1 fully saturated rings. The third kappa shape index (κ3) is 3.64. The molecule has 1 heterocycles. The quantitative estimate of drug-likeness (QED) is 0.792. The van der Waals surface area contributed by atoms with Gasteiger partial charge in [-0.05, 0) is 18.9 Å². The largest absolute Gasteiger partial charge is 0.380 e. The molecule has 1 aliphatic heterocycles. The van der Waals surface area contributed by atoms with Crippen LogP contribution in [0.25, 0.3) is 0 Å². The number of hydrogen-bond donors (Lipinski definition) is 1. The summed E-state index contributed by atoms with van der Waals surface area (Å²) in [7, 11) is 1.61. The number of Topliss-reactive ketones (excluding diaryl/α,β-unsaturated/α-hetero) is 1. The van der Waals surface area contributed by atoms with Crippen LogP contribution < -0.4 is 0 Å². The minimum absolute atomic E-state index is 0.0203. The molecule has 1 aliphatic rings. The van der Waals surface area contributed by atoms with E-state index in [4.69, 9.17) is 9.47 Å². The van der Waals surface area contributed by atoms with Crippen molar-refractivity contribution < 1.29 is 19.4 Å². The van der Waals surface area contributed by atoms with Gasteiger partial charge in [0, 0.05) is 13.7 Å². The molecule has 0 amide bonds. The SMILES string of the molecule is CO[C@@H]1CC(C(C)=O)N(C(O)OCc2ccccc2)C1. The molecule has 1 aromatic rings. The monoisotopic (exact) mass is 279 g/mol. The maximum atomic E-state index is 11.6. The highest BCUT2D eigenvalue weighted by atomic mass is 16.6. The second-order valence-electron chi connectivity index (χ2n) is 5.04. The van der Waals surface area contributed by atoms with E-state index >= 15 is 0 Å². The topological polar surface area (TPSA) is 59.0 Å². The first kappa shape index (κ1) is 15.1. The molecule has 3 atom stereocenters. The fourth-order valence-electron chi connectivity index (χ4n) is 2.48. The number of rotatable bonds is 6. The lowest BCUT2D eigenvalue weighted by Crippen LogP contribution is -2.44. The summed E-state index contributed by atoms with van der Waals surface area (Å²) in [5, 5.41) is 10.1. The van der Waals surface area contributed by atoms with Gasteiger partial charge in [0.1, 0.15) is 5.78 Å². The van der Waals surface area contributed by atoms with Crippen molar-refractivity contribution in [1.82, 2.24) is 4.90 Å². The summed E-state index contributed by atoms with van der Waals surface area (Å²) in [6, 6.07) is 9.27. The highest BCUT2D eigenvalue weighted by Crippen LogP contribution is 2.23. The Bertz CT molecular complexity index is 437. The van der Waals surface area contributed by atoms with Gasteiger partial charge in [-0.15, -0.1) is 0 Å². The predicted molar refractivity (Wildman–Crippen MR) is 73.8 cm³/mol. The normalized spacial score (nSPS) is 24.8. The Morgan fingerprint density at radius 2 is 2.15 bits per heavy atom. The lowest BCUT2D eigenvalue weighted by Gasteiger charge is -2.27. The fourth-order valence-corrected chi connectivity index (χ4v) is 2.48. The number of ether oxygens (including phenoxy) is 2. The molecule has 110 valence electrons. The van der Waals surface area contributed by atoms with Crippen LogP contribution in [0.1, 0.15) is 18.9 Å². The van der Waals surface area contributed by atoms with Crippen molar-refractivity contribution in [2.75, 3.05) is 13.7 Å². The van der Waals surface area contributed by atoms with Gasteiger partial charge in [0.05, 0.1) is 18.8 Å². The van der Waals surface area contributed by atoms with Crippen molar-refractivity contribution in [3.8, 4) is 0 Å². The van der Waals surface area contributed by atoms with E-state index < -0.39 is 6.41 Å². The van der Waals surface area contributed by atoms with Crippen LogP contribution in [0.4, 0.5) is 0 Å². The van der Waals surface area contributed by atoms with Gasteiger partial charge in [0.15, 0.2) is 0 Å². The van der Waals surface area contributed by atoms with E-state index in [1.165, 1.54) is 6.92 Å². The van der Waals surface area contributed by atoms with Crippen LogP contribution in [-0.2, 0) is 20.9 Å². The number of hydrogen-bond acceptors (Lipinski definition) is 5. The molecule has 0 aliphatic carbocycles. The van der Waals surface area contributed by atoms with Gasteiger partial charge < -0.3 is 14.6 Å². The van der Waals surface area contributed by atoms with Crippen LogP contribution in [-0.4, -0.2) is 48.0 Å². The molecule has 5 nitrogen and oxygen atoms in total. The summed E-state index contributed by atoms with van der Waals surface area (Å²) in [6.07, 6.45) is -0.541. The number of methoxy groups -OCH3 is 1. The molecule has 5 heteroatoms. The zero-order chi connectivity index (χ0) is 14.5. The fraction of sp³-hybridized carbons (Fsp3) is 0.533. The number of carbonyl (C=O) groups excluding carboxylic acids is 1. The van der Waals surface area contributed by atoms with Crippen molar-refractivity contribution in [2.45, 2.75) is 38.5 Å². The van der Waals surface area contributed by atoms with E-state index in [9.17, 15) is 9.90 Å². The van der Waals surface area contributed by atoms with Gasteiger partial charge in [-0.2, -0.15) is 0 Å². The van der Waals surface area contributed by atoms with E-state index in [0.29, 0.717) is 19.6 Å². The third-order valence-corrected chi connectivity index (χ3v) is 3.63. The molecular formula is C15H21NO4. The maximum Gasteiger partial charge on any atom is 0.217 e. The van der Waals surface area contributed by atoms with E-state index in [1.807, 2.05) is 30.3 Å². The number of aliphatic hydroxyl groups excluding tert-OH is 1. The van der Waals surface area contributed by atoms with Gasteiger partial charge in [-0.3, -0.25) is 4.79 Å². The first-order chi connectivity index (χ1) is 9.61. The second-order valence-corrected chi connectivity index (χ2v) is 5.04. The number of nitrogens with zero attached hydrogens (tertiary/aromatic N) is 1. The minimum atomic E-state index is -1.09. The molecule has 1 N–H and O–H groups in total. The predicted octanol–water partition coefficient (Wildman–Crippen LogP) is 1.16. The Morgan fingerprint density at radius 1 is 1.45 bits per heavy atom. The van der Waals surface area contributed by atoms with E-state index in [1.54, 1.807) is 12.0 Å². The van der Waals surface area contributed by atoms with Crippen molar-refractivity contribution >= 4 is 5.78 Å². The van der Waals surface area contributed by atoms with E-state index in [0.717, 1.165) is 5.56 Å². The van der Waals surface area contributed by atoms with Crippen molar-refractivity contribution in [1.29, 1.82) is 0 Å². The standard InChI is InChI=1S/C15H21NO4/c1-11(17)14-8-13(19-2)9-16(14)15(18)20-10-12-6-4-3-5-7-12/h3-7,13-15,18H,8-10H2,1-2H3/t13-,14?,15?/m1/s1. The van der Waals surface area contributed by atoms with Gasteiger partial charge in [0.2, 0.25) is 6.41 Å². The Balaban J connectivity index is 1.93. The summed E-state index contributed by atoms with van der Waals surface area (Å²) in [5.74, 6) is 0.0203. The Hall–Kier alpha value is -1.27. The lowest BCUT2D eigenvalue weighted by atomic mass is 10.1. The Kier molecular flexibility index (Phi) is 5.25. The van der Waals surface area contributed by atoms with Gasteiger partial charge >= 0.3 is 0 Å². The molecule has 1 aromatic carbocycles. The number of likely N-dealkylation sites (tertiary alicyclic amines) is 1. The summed E-state index contributed by atoms with van der Waals surface area (Å²) in [4.78, 5) is 13.3. The minimum Gasteiger partial charge on any atom is -0.380 e. The van der Waals surface area contributed by atoms with Crippen LogP contribution in [0.5, 0.6) is 0 Å². The average Bonchev–Trinajstić information content (AvgIpc) is 2.90. The van der Waals surface area contributed by atoms with Crippen LogP contribution in [0, 0.1) is 0 Å². The first-order valence-corrected chi connectivity index (χ1v) is 6.74. The summed E-state index contributed by atoms with van der Waals surface area (Å²) < 4.78 is 10.7. The third-order valence-electron chi connectivity index (χ3n) is 3.63. The van der Waals surface area contributed by atoms with Crippen LogP contribution in [0.15, 0.2) is 30.3 Å². The van der Waals surface area contributed by atoms with Crippen LogP contribution >= 0.6 is 0 Å². The van der Waals surface area contributed by atoms with Crippen molar-refractivity contribution in [2.24, 2.45) is 0 Å². The molecule has 0 radical (unpaired) electrons. The highest BCUT2D eigenvalue weighted by molar-refractivity contribution is 5.81. The highest BCUT2D eigenvalue weighted by Gasteiger charge is 2.38. The summed E-state index contributed by atoms with van der Waals surface area (Å²) in [6.45, 7) is 2.33. The average molecular weight is 279 g/mol. The Labute approximate surface area is 119 Å². The second kappa shape index (κ2) is 6.95. The molecule has 2 unspecified atom stereocenters. The zero-order valence-electron chi connectivity index (χ0n) is 11.9. The van der Waals surface area contributed by atoms with Crippen LogP contribution in [0.3, 0.4) is 0 Å². The number of aliphatic hydroxyl groups is 1. The van der Waals surface area contributed by atoms with Crippen LogP contribution in [0.2, 0.25) is 0 Å². The molecule has 20 heavy (non-hydrogen) atoms. The smallest absolute Gasteiger partial charge is 0.217 e. The van der Waals surface area contributed by atoms with Gasteiger partial charge in [-0.1, -0.05) is 30.3 Å². The molecule has 0 bridgehead atoms. The first-order valence-electron chi connectivity index (χ1n) is 6.74. The lowest BCUT2D eigenvalue weighted by molar-refractivity contribution is -0.205. The molecular weight excluding hydrogens is 258 g/mol. The molecule has 0 spiro atoms. The number of carbonyl (C=O) groups is 1. The van der Waals surface area contributed by atoms with Gasteiger partial charge in [0.25, 0.3) is 0 Å². The molecule has 0 aromatic heterocycles. The Morgan fingerprint density at radius 3 is 2.75 bits per heavy atom. The van der Waals surface area contributed by atoms with Gasteiger partial charge in [-0.25, -0.2) is 4.90 Å². The number of ketones is 1.